The van der Waals surface area contributed by atoms with E-state index in [9.17, 15) is 9.59 Å². The van der Waals surface area contributed by atoms with E-state index in [0.717, 1.165) is 12.1 Å². The van der Waals surface area contributed by atoms with Gasteiger partial charge < -0.3 is 15.2 Å². The zero-order chi connectivity index (χ0) is 18.1. The molecule has 2 fully saturated rings. The van der Waals surface area contributed by atoms with Crippen LogP contribution in [0.1, 0.15) is 18.5 Å². The third-order valence-corrected chi connectivity index (χ3v) is 5.56. The first-order chi connectivity index (χ1) is 12.7. The van der Waals surface area contributed by atoms with Crippen molar-refractivity contribution in [2.75, 3.05) is 20.1 Å². The lowest BCUT2D eigenvalue weighted by molar-refractivity contribution is -0.140. The number of imide groups is 1. The first-order valence-electron chi connectivity index (χ1n) is 9.06. The second-order valence-electron chi connectivity index (χ2n) is 7.02. The summed E-state index contributed by atoms with van der Waals surface area (Å²) in [5.41, 5.74) is 0.788. The number of guanidine groups is 1. The van der Waals surface area contributed by atoms with Gasteiger partial charge in [-0.2, -0.15) is 0 Å². The first kappa shape index (κ1) is 19.8. The van der Waals surface area contributed by atoms with Crippen molar-refractivity contribution in [3.8, 4) is 0 Å². The number of amides is 2. The Morgan fingerprint density at radius 2 is 1.96 bits per heavy atom. The molecule has 4 unspecified atom stereocenters. The van der Waals surface area contributed by atoms with Crippen molar-refractivity contribution in [1.29, 1.82) is 0 Å². The van der Waals surface area contributed by atoms with Crippen LogP contribution in [-0.4, -0.2) is 48.0 Å². The Balaban J connectivity index is 0.00000210. The number of hydrogen-bond acceptors (Lipinski definition) is 5. The number of carbonyl (C=O) groups is 2. The highest BCUT2D eigenvalue weighted by Gasteiger charge is 2.58. The van der Waals surface area contributed by atoms with Gasteiger partial charge in [0.2, 0.25) is 11.8 Å². The molecule has 9 heteroatoms. The van der Waals surface area contributed by atoms with E-state index in [0.29, 0.717) is 32.0 Å². The number of hydrogen-bond donors (Lipinski definition) is 2. The summed E-state index contributed by atoms with van der Waals surface area (Å²) in [6, 6.07) is 1.78. The third-order valence-electron chi connectivity index (χ3n) is 5.56. The Bertz CT molecular complexity index is 718. The summed E-state index contributed by atoms with van der Waals surface area (Å²) >= 11 is 0. The Hall–Kier alpha value is -1.91. The fourth-order valence-electron chi connectivity index (χ4n) is 4.35. The van der Waals surface area contributed by atoms with E-state index in [-0.39, 0.29) is 59.5 Å². The van der Waals surface area contributed by atoms with E-state index in [1.165, 1.54) is 11.2 Å². The molecular formula is C18H24IN5O3. The number of halogens is 1. The number of aromatic nitrogens is 1. The average molecular weight is 485 g/mol. The second kappa shape index (κ2) is 8.41. The number of likely N-dealkylation sites (tertiary alicyclic amines) is 1. The van der Waals surface area contributed by atoms with Gasteiger partial charge in [-0.15, -0.1) is 24.0 Å². The molecular weight excluding hydrogens is 461 g/mol. The zero-order valence-corrected chi connectivity index (χ0v) is 17.5. The number of nitrogens with one attached hydrogen (secondary N) is 2. The molecule has 2 N–H and O–H groups in total. The maximum atomic E-state index is 12.6. The van der Waals surface area contributed by atoms with Crippen LogP contribution in [0.15, 0.2) is 34.0 Å². The smallest absolute Gasteiger partial charge is 0.233 e. The van der Waals surface area contributed by atoms with E-state index in [2.05, 4.69) is 32.9 Å². The topological polar surface area (TPSA) is 99.8 Å². The van der Waals surface area contributed by atoms with Gasteiger partial charge in [-0.1, -0.05) is 17.3 Å². The summed E-state index contributed by atoms with van der Waals surface area (Å²) in [5, 5.41) is 10.1. The van der Waals surface area contributed by atoms with Crippen molar-refractivity contribution in [3.63, 3.8) is 0 Å². The van der Waals surface area contributed by atoms with Crippen molar-refractivity contribution in [3.05, 3.63) is 30.2 Å². The van der Waals surface area contributed by atoms with Gasteiger partial charge in [0.05, 0.1) is 18.4 Å². The van der Waals surface area contributed by atoms with Gasteiger partial charge in [-0.25, -0.2) is 0 Å². The molecule has 0 radical (unpaired) electrons. The molecule has 146 valence electrons. The first-order valence-corrected chi connectivity index (χ1v) is 9.06. The lowest BCUT2D eigenvalue weighted by atomic mass is 9.85. The van der Waals surface area contributed by atoms with Gasteiger partial charge in [-0.05, 0) is 24.7 Å². The van der Waals surface area contributed by atoms with Crippen LogP contribution in [0.4, 0.5) is 0 Å². The Morgan fingerprint density at radius 1 is 1.26 bits per heavy atom. The predicted molar refractivity (Wildman–Crippen MR) is 109 cm³/mol. The van der Waals surface area contributed by atoms with Crippen LogP contribution < -0.4 is 10.6 Å². The van der Waals surface area contributed by atoms with Crippen LogP contribution in [0.5, 0.6) is 0 Å². The van der Waals surface area contributed by atoms with E-state index >= 15 is 0 Å². The minimum Gasteiger partial charge on any atom is -0.364 e. The lowest BCUT2D eigenvalue weighted by Gasteiger charge is -2.17. The van der Waals surface area contributed by atoms with Gasteiger partial charge in [0.25, 0.3) is 0 Å². The van der Waals surface area contributed by atoms with Gasteiger partial charge in [0.1, 0.15) is 12.0 Å². The maximum Gasteiger partial charge on any atom is 0.233 e. The van der Waals surface area contributed by atoms with Crippen molar-refractivity contribution in [1.82, 2.24) is 20.7 Å². The van der Waals surface area contributed by atoms with Gasteiger partial charge in [0, 0.05) is 26.2 Å². The Kier molecular flexibility index (Phi) is 6.18. The van der Waals surface area contributed by atoms with Crippen LogP contribution in [0.25, 0.3) is 0 Å². The highest BCUT2D eigenvalue weighted by Crippen LogP contribution is 2.52. The molecule has 2 amide bonds. The van der Waals surface area contributed by atoms with E-state index in [4.69, 9.17) is 4.52 Å². The summed E-state index contributed by atoms with van der Waals surface area (Å²) in [5.74, 6) is 1.000. The monoisotopic (exact) mass is 485 g/mol. The quantitative estimate of drug-likeness (QED) is 0.157. The summed E-state index contributed by atoms with van der Waals surface area (Å²) in [6.07, 6.45) is 7.41. The van der Waals surface area contributed by atoms with E-state index < -0.39 is 0 Å². The largest absolute Gasteiger partial charge is 0.364 e. The van der Waals surface area contributed by atoms with Crippen LogP contribution >= 0.6 is 24.0 Å². The van der Waals surface area contributed by atoms with Crippen molar-refractivity contribution in [2.45, 2.75) is 19.4 Å². The van der Waals surface area contributed by atoms with Gasteiger partial charge in [-0.3, -0.25) is 19.5 Å². The molecule has 4 rings (SSSR count). The summed E-state index contributed by atoms with van der Waals surface area (Å²) in [6.45, 7) is 1.59. The molecule has 27 heavy (non-hydrogen) atoms. The molecule has 2 aliphatic carbocycles. The van der Waals surface area contributed by atoms with Crippen molar-refractivity contribution < 1.29 is 14.1 Å². The fraction of sp³-hybridized carbons (Fsp3) is 0.556. The standard InChI is InChI=1S/C18H23N5O3.HI/c1-19-18(21-10-13-5-8-26-22-13)20-6-2-7-23-16(24)14-11-3-4-12(9-11)15(14)17(23)25;/h3-5,8,11-12,14-15H,2,6-7,9-10H2,1H3,(H2,19,20,21);1H. The third kappa shape index (κ3) is 3.74. The molecule has 8 nitrogen and oxygen atoms in total. The molecule has 0 spiro atoms. The number of fused-ring (bicyclic) bond motifs is 5. The molecule has 2 bridgehead atoms. The maximum absolute atomic E-state index is 12.6. The summed E-state index contributed by atoms with van der Waals surface area (Å²) < 4.78 is 4.78. The fourth-order valence-corrected chi connectivity index (χ4v) is 4.35. The lowest BCUT2D eigenvalue weighted by Crippen LogP contribution is -2.39. The number of aliphatic imine (C=N–C) groups is 1. The predicted octanol–water partition coefficient (Wildman–Crippen LogP) is 1.15. The number of allylic oxidation sites excluding steroid dienone is 2. The average Bonchev–Trinajstić information content (AvgIpc) is 3.42. The second-order valence-corrected chi connectivity index (χ2v) is 7.02. The number of nitrogens with zero attached hydrogens (tertiary/aromatic N) is 3. The molecule has 1 saturated carbocycles. The molecule has 1 saturated heterocycles. The zero-order valence-electron chi connectivity index (χ0n) is 15.1. The molecule has 2 heterocycles. The SMILES string of the molecule is CN=C(NCCCN1C(=O)C2C3C=CC(C3)C2C1=O)NCc1ccon1.I. The minimum atomic E-state index is -0.109. The molecule has 1 aliphatic heterocycles. The van der Waals surface area contributed by atoms with Crippen LogP contribution in [0.2, 0.25) is 0 Å². The highest BCUT2D eigenvalue weighted by atomic mass is 127. The number of carbonyl (C=O) groups excluding carboxylic acids is 2. The molecule has 1 aromatic rings. The Labute approximate surface area is 174 Å². The number of rotatable bonds is 6. The molecule has 1 aromatic heterocycles. The van der Waals surface area contributed by atoms with E-state index in [1.54, 1.807) is 13.1 Å². The minimum absolute atomic E-state index is 0. The van der Waals surface area contributed by atoms with Crippen molar-refractivity contribution in [2.24, 2.45) is 28.7 Å². The molecule has 4 atom stereocenters. The van der Waals surface area contributed by atoms with Gasteiger partial charge in [0.15, 0.2) is 5.96 Å². The summed E-state index contributed by atoms with van der Waals surface area (Å²) in [4.78, 5) is 30.8. The normalized spacial score (nSPS) is 28.5. The molecule has 3 aliphatic rings. The van der Waals surface area contributed by atoms with E-state index in [1.807, 2.05) is 0 Å². The highest BCUT2D eigenvalue weighted by molar-refractivity contribution is 14.0. The summed E-state index contributed by atoms with van der Waals surface area (Å²) in [7, 11) is 1.69. The van der Waals surface area contributed by atoms with Crippen LogP contribution in [0, 0.1) is 23.7 Å². The van der Waals surface area contributed by atoms with Crippen LogP contribution in [-0.2, 0) is 16.1 Å². The van der Waals surface area contributed by atoms with Crippen molar-refractivity contribution >= 4 is 41.8 Å². The van der Waals surface area contributed by atoms with Crippen LogP contribution in [0.3, 0.4) is 0 Å². The Morgan fingerprint density at radius 3 is 2.56 bits per heavy atom. The van der Waals surface area contributed by atoms with Gasteiger partial charge >= 0.3 is 0 Å². The molecule has 0 aromatic carbocycles.